The summed E-state index contributed by atoms with van der Waals surface area (Å²) in [7, 11) is 0. The van der Waals surface area contributed by atoms with Crippen molar-refractivity contribution in [3.05, 3.63) is 70.3 Å². The van der Waals surface area contributed by atoms with Gasteiger partial charge in [0.05, 0.1) is 0 Å². The zero-order chi connectivity index (χ0) is 13.4. The molecule has 0 aliphatic heterocycles. The van der Waals surface area contributed by atoms with Crippen molar-refractivity contribution in [2.75, 3.05) is 0 Å². The molecule has 1 aliphatic rings. The van der Waals surface area contributed by atoms with Gasteiger partial charge in [0, 0.05) is 23.1 Å². The molecule has 0 bridgehead atoms. The normalized spacial score (nSPS) is 15.8. The first kappa shape index (κ1) is 11.7. The van der Waals surface area contributed by atoms with Gasteiger partial charge < -0.3 is 5.11 Å². The Hall–Kier alpha value is -2.35. The molecule has 1 aliphatic carbocycles. The van der Waals surface area contributed by atoms with Crippen molar-refractivity contribution in [1.29, 1.82) is 0 Å². The summed E-state index contributed by atoms with van der Waals surface area (Å²) < 4.78 is 0. The molecule has 0 radical (unpaired) electrons. The van der Waals surface area contributed by atoms with Crippen molar-refractivity contribution >= 4 is 11.9 Å². The molecule has 2 heteroatoms. The Balaban J connectivity index is 2.02. The first-order valence-corrected chi connectivity index (χ1v) is 6.28. The van der Waals surface area contributed by atoms with E-state index in [1.165, 1.54) is 5.56 Å². The van der Waals surface area contributed by atoms with Gasteiger partial charge in [-0.15, -0.1) is 0 Å². The van der Waals surface area contributed by atoms with Crippen LogP contribution in [0.1, 0.15) is 27.0 Å². The van der Waals surface area contributed by atoms with E-state index in [1.54, 1.807) is 18.2 Å². The van der Waals surface area contributed by atoms with Crippen LogP contribution in [0.25, 0.3) is 6.08 Å². The van der Waals surface area contributed by atoms with Crippen LogP contribution in [0, 0.1) is 6.92 Å². The zero-order valence-electron chi connectivity index (χ0n) is 10.7. The predicted molar refractivity (Wildman–Crippen MR) is 75.3 cm³/mol. The third-order valence-electron chi connectivity index (χ3n) is 3.44. The summed E-state index contributed by atoms with van der Waals surface area (Å²) in [5.74, 6) is 0.228. The monoisotopic (exact) mass is 250 g/mol. The number of hydrogen-bond acceptors (Lipinski definition) is 2. The minimum Gasteiger partial charge on any atom is -0.508 e. The van der Waals surface area contributed by atoms with Crippen molar-refractivity contribution in [3.8, 4) is 5.75 Å². The van der Waals surface area contributed by atoms with Crippen LogP contribution in [0.2, 0.25) is 0 Å². The van der Waals surface area contributed by atoms with Crippen LogP contribution < -0.4 is 0 Å². The van der Waals surface area contributed by atoms with Gasteiger partial charge in [0.25, 0.3) is 0 Å². The Morgan fingerprint density at radius 2 is 1.95 bits per heavy atom. The van der Waals surface area contributed by atoms with Crippen LogP contribution in [0.15, 0.2) is 48.0 Å². The van der Waals surface area contributed by atoms with Crippen LogP contribution in [0.3, 0.4) is 0 Å². The van der Waals surface area contributed by atoms with E-state index in [2.05, 4.69) is 0 Å². The number of aryl methyl sites for hydroxylation is 1. The number of carbonyl (C=O) groups is 1. The summed E-state index contributed by atoms with van der Waals surface area (Å²) in [4.78, 5) is 12.3. The Bertz CT molecular complexity index is 696. The summed E-state index contributed by atoms with van der Waals surface area (Å²) in [5, 5.41) is 9.80. The van der Waals surface area contributed by atoms with Crippen LogP contribution in [-0.4, -0.2) is 10.9 Å². The zero-order valence-corrected chi connectivity index (χ0v) is 10.7. The number of hydrogen-bond donors (Lipinski definition) is 1. The highest BCUT2D eigenvalue weighted by Gasteiger charge is 2.26. The van der Waals surface area contributed by atoms with E-state index in [0.717, 1.165) is 16.7 Å². The Morgan fingerprint density at radius 1 is 1.16 bits per heavy atom. The third-order valence-corrected chi connectivity index (χ3v) is 3.44. The fourth-order valence-corrected chi connectivity index (χ4v) is 2.49. The molecule has 0 atom stereocenters. The maximum atomic E-state index is 12.3. The second-order valence-electron chi connectivity index (χ2n) is 4.89. The molecular formula is C17H14O2. The molecule has 0 spiro atoms. The number of phenols is 1. The Labute approximate surface area is 112 Å². The molecule has 0 heterocycles. The molecule has 0 saturated carbocycles. The number of phenolic OH excluding ortho intramolecular Hbond substituents is 1. The highest BCUT2D eigenvalue weighted by molar-refractivity contribution is 6.16. The Kier molecular flexibility index (Phi) is 2.71. The van der Waals surface area contributed by atoms with Gasteiger partial charge >= 0.3 is 0 Å². The number of rotatable bonds is 1. The standard InChI is InChI=1S/C17H14O2/c1-11-4-2-5-12(8-11)9-13-10-15-14(17(13)19)6-3-7-16(15)18/h2-9,18H,10H2,1H3/b13-9-. The Morgan fingerprint density at radius 3 is 2.68 bits per heavy atom. The van der Waals surface area contributed by atoms with Crippen molar-refractivity contribution in [3.63, 3.8) is 0 Å². The molecule has 94 valence electrons. The summed E-state index contributed by atoms with van der Waals surface area (Å²) in [5.41, 5.74) is 4.29. The highest BCUT2D eigenvalue weighted by atomic mass is 16.3. The number of aromatic hydroxyl groups is 1. The SMILES string of the molecule is Cc1cccc(/C=C2/Cc3c(O)cccc3C2=O)c1. The van der Waals surface area contributed by atoms with E-state index in [4.69, 9.17) is 0 Å². The van der Waals surface area contributed by atoms with E-state index in [9.17, 15) is 9.90 Å². The van der Waals surface area contributed by atoms with Crippen molar-refractivity contribution < 1.29 is 9.90 Å². The molecule has 0 amide bonds. The first-order valence-electron chi connectivity index (χ1n) is 6.28. The molecule has 0 unspecified atom stereocenters. The first-order chi connectivity index (χ1) is 9.15. The van der Waals surface area contributed by atoms with Gasteiger partial charge in [0.2, 0.25) is 0 Å². The number of carbonyl (C=O) groups excluding carboxylic acids is 1. The van der Waals surface area contributed by atoms with Gasteiger partial charge in [0.1, 0.15) is 5.75 Å². The predicted octanol–water partition coefficient (Wildman–Crippen LogP) is 3.52. The van der Waals surface area contributed by atoms with Crippen LogP contribution in [0.4, 0.5) is 0 Å². The fourth-order valence-electron chi connectivity index (χ4n) is 2.49. The average molecular weight is 250 g/mol. The quantitative estimate of drug-likeness (QED) is 0.786. The van der Waals surface area contributed by atoms with Crippen molar-refractivity contribution in [1.82, 2.24) is 0 Å². The van der Waals surface area contributed by atoms with Gasteiger partial charge in [-0.25, -0.2) is 0 Å². The molecule has 0 fully saturated rings. The largest absolute Gasteiger partial charge is 0.508 e. The summed E-state index contributed by atoms with van der Waals surface area (Å²) in [6.07, 6.45) is 2.42. The topological polar surface area (TPSA) is 37.3 Å². The van der Waals surface area contributed by atoms with E-state index in [-0.39, 0.29) is 11.5 Å². The summed E-state index contributed by atoms with van der Waals surface area (Å²) >= 11 is 0. The lowest BCUT2D eigenvalue weighted by Crippen LogP contribution is -1.95. The van der Waals surface area contributed by atoms with Crippen LogP contribution in [0.5, 0.6) is 5.75 Å². The molecule has 3 rings (SSSR count). The third kappa shape index (κ3) is 2.06. The maximum absolute atomic E-state index is 12.3. The lowest BCUT2D eigenvalue weighted by molar-refractivity contribution is 0.104. The van der Waals surface area contributed by atoms with Crippen molar-refractivity contribution in [2.24, 2.45) is 0 Å². The van der Waals surface area contributed by atoms with Gasteiger partial charge in [-0.3, -0.25) is 4.79 Å². The molecule has 19 heavy (non-hydrogen) atoms. The molecule has 1 N–H and O–H groups in total. The number of benzene rings is 2. The molecule has 0 aromatic heterocycles. The fraction of sp³-hybridized carbons (Fsp3) is 0.118. The molecular weight excluding hydrogens is 236 g/mol. The number of fused-ring (bicyclic) bond motifs is 1. The lowest BCUT2D eigenvalue weighted by atomic mass is 10.1. The van der Waals surface area contributed by atoms with E-state index < -0.39 is 0 Å². The number of Topliss-reactive ketones (excluding diaryl/α,β-unsaturated/α-hetero) is 1. The second kappa shape index (κ2) is 4.39. The molecule has 2 nitrogen and oxygen atoms in total. The van der Waals surface area contributed by atoms with Crippen LogP contribution >= 0.6 is 0 Å². The molecule has 0 saturated heterocycles. The van der Waals surface area contributed by atoms with Crippen LogP contribution in [-0.2, 0) is 6.42 Å². The van der Waals surface area contributed by atoms with E-state index >= 15 is 0 Å². The van der Waals surface area contributed by atoms with Gasteiger partial charge in [-0.05, 0) is 24.6 Å². The number of allylic oxidation sites excluding steroid dienone is 1. The lowest BCUT2D eigenvalue weighted by Gasteiger charge is -1.98. The molecule has 2 aromatic rings. The minimum atomic E-state index is 0.0207. The van der Waals surface area contributed by atoms with Crippen molar-refractivity contribution in [2.45, 2.75) is 13.3 Å². The van der Waals surface area contributed by atoms with E-state index in [1.807, 2.05) is 37.3 Å². The number of ketones is 1. The minimum absolute atomic E-state index is 0.0207. The smallest absolute Gasteiger partial charge is 0.189 e. The summed E-state index contributed by atoms with van der Waals surface area (Å²) in [6, 6.07) is 13.1. The van der Waals surface area contributed by atoms with Gasteiger partial charge in [-0.1, -0.05) is 42.0 Å². The van der Waals surface area contributed by atoms with Gasteiger partial charge in [0.15, 0.2) is 5.78 Å². The highest BCUT2D eigenvalue weighted by Crippen LogP contribution is 2.33. The summed E-state index contributed by atoms with van der Waals surface area (Å²) in [6.45, 7) is 2.03. The molecule has 2 aromatic carbocycles. The maximum Gasteiger partial charge on any atom is 0.189 e. The average Bonchev–Trinajstić information content (AvgIpc) is 2.69. The van der Waals surface area contributed by atoms with Gasteiger partial charge in [-0.2, -0.15) is 0 Å². The second-order valence-corrected chi connectivity index (χ2v) is 4.89. The van der Waals surface area contributed by atoms with E-state index in [0.29, 0.717) is 12.0 Å².